The van der Waals surface area contributed by atoms with Crippen LogP contribution in [-0.4, -0.2) is 35.7 Å². The summed E-state index contributed by atoms with van der Waals surface area (Å²) in [6.07, 6.45) is 0.438. The van der Waals surface area contributed by atoms with Crippen molar-refractivity contribution in [1.29, 1.82) is 0 Å². The Morgan fingerprint density at radius 1 is 1.17 bits per heavy atom. The van der Waals surface area contributed by atoms with Gasteiger partial charge in [-0.25, -0.2) is 0 Å². The molecule has 0 radical (unpaired) electrons. The number of nitrogens with one attached hydrogen (secondary N) is 3. The maximum absolute atomic E-state index is 12.5. The zero-order chi connectivity index (χ0) is 17.7. The first-order valence-electron chi connectivity index (χ1n) is 7.88. The molecule has 1 fully saturated rings. The van der Waals surface area contributed by atoms with E-state index in [2.05, 4.69) is 16.0 Å². The fourth-order valence-corrected chi connectivity index (χ4v) is 2.44. The van der Waals surface area contributed by atoms with Gasteiger partial charge in [0, 0.05) is 12.0 Å². The van der Waals surface area contributed by atoms with Crippen LogP contribution >= 0.6 is 0 Å². The highest BCUT2D eigenvalue weighted by atomic mass is 16.2. The molecule has 0 bridgehead atoms. The maximum atomic E-state index is 12.5. The lowest BCUT2D eigenvalue weighted by Gasteiger charge is -2.26. The summed E-state index contributed by atoms with van der Waals surface area (Å²) in [6, 6.07) is 7.06. The Balaban J connectivity index is 2.01. The quantitative estimate of drug-likeness (QED) is 0.678. The van der Waals surface area contributed by atoms with Gasteiger partial charge in [-0.2, -0.15) is 0 Å². The average Bonchev–Trinajstić information content (AvgIpc) is 2.55. The Bertz CT molecular complexity index is 642. The van der Waals surface area contributed by atoms with Crippen LogP contribution in [-0.2, 0) is 14.4 Å². The van der Waals surface area contributed by atoms with Crippen LogP contribution < -0.4 is 16.0 Å². The first-order valence-corrected chi connectivity index (χ1v) is 7.88. The number of carbonyl (C=O) groups excluding carboxylic acids is 4. The van der Waals surface area contributed by atoms with Gasteiger partial charge in [0.2, 0.25) is 17.7 Å². The lowest BCUT2D eigenvalue weighted by atomic mass is 10.0. The standard InChI is InChI=1S/C17H21N3O4/c1-10(2)14(20-15(22)11-6-4-3-5-7-11)17(24)18-12-8-9-13(21)19-16(12)23/h3-7,10,12,14H,8-9H2,1-2H3,(H,18,24)(H,20,22)(H,19,21,23)/t12?,14-/m0/s1. The summed E-state index contributed by atoms with van der Waals surface area (Å²) in [4.78, 5) is 47.6. The number of hydrogen-bond acceptors (Lipinski definition) is 4. The molecule has 1 saturated heterocycles. The van der Waals surface area contributed by atoms with Gasteiger partial charge in [0.05, 0.1) is 0 Å². The van der Waals surface area contributed by atoms with E-state index in [9.17, 15) is 19.2 Å². The SMILES string of the molecule is CC(C)[C@H](NC(=O)c1ccccc1)C(=O)NC1CCC(=O)NC1=O. The smallest absolute Gasteiger partial charge is 0.251 e. The highest BCUT2D eigenvalue weighted by molar-refractivity contribution is 6.02. The third kappa shape index (κ3) is 4.41. The van der Waals surface area contributed by atoms with Crippen molar-refractivity contribution in [1.82, 2.24) is 16.0 Å². The zero-order valence-electron chi connectivity index (χ0n) is 13.7. The zero-order valence-corrected chi connectivity index (χ0v) is 13.7. The first kappa shape index (κ1) is 17.7. The van der Waals surface area contributed by atoms with Crippen molar-refractivity contribution in [3.05, 3.63) is 35.9 Å². The molecule has 1 heterocycles. The molecular weight excluding hydrogens is 310 g/mol. The van der Waals surface area contributed by atoms with E-state index in [4.69, 9.17) is 0 Å². The van der Waals surface area contributed by atoms with Crippen LogP contribution in [0.3, 0.4) is 0 Å². The average molecular weight is 331 g/mol. The highest BCUT2D eigenvalue weighted by Crippen LogP contribution is 2.08. The first-order chi connectivity index (χ1) is 11.4. The molecule has 0 spiro atoms. The summed E-state index contributed by atoms with van der Waals surface area (Å²) in [6.45, 7) is 3.61. The van der Waals surface area contributed by atoms with Gasteiger partial charge in [-0.3, -0.25) is 24.5 Å². The van der Waals surface area contributed by atoms with Crippen LogP contribution in [0.4, 0.5) is 0 Å². The van der Waals surface area contributed by atoms with Crippen molar-refractivity contribution < 1.29 is 19.2 Å². The molecule has 7 heteroatoms. The number of rotatable bonds is 5. The predicted octanol–water partition coefficient (Wildman–Crippen LogP) is 0.362. The van der Waals surface area contributed by atoms with Gasteiger partial charge >= 0.3 is 0 Å². The van der Waals surface area contributed by atoms with E-state index < -0.39 is 23.9 Å². The van der Waals surface area contributed by atoms with Gasteiger partial charge < -0.3 is 10.6 Å². The normalized spacial score (nSPS) is 18.7. The molecule has 0 aliphatic carbocycles. The van der Waals surface area contributed by atoms with Crippen LogP contribution in [0.1, 0.15) is 37.0 Å². The van der Waals surface area contributed by atoms with E-state index in [0.29, 0.717) is 5.56 Å². The monoisotopic (exact) mass is 331 g/mol. The molecule has 1 aromatic rings. The molecule has 2 atom stereocenters. The van der Waals surface area contributed by atoms with Crippen LogP contribution in [0.2, 0.25) is 0 Å². The third-order valence-electron chi connectivity index (χ3n) is 3.83. The second-order valence-electron chi connectivity index (χ2n) is 6.07. The summed E-state index contributed by atoms with van der Waals surface area (Å²) < 4.78 is 0. The van der Waals surface area contributed by atoms with Gasteiger partial charge in [-0.15, -0.1) is 0 Å². The number of imide groups is 1. The number of benzene rings is 1. The van der Waals surface area contributed by atoms with E-state index in [1.54, 1.807) is 44.2 Å². The third-order valence-corrected chi connectivity index (χ3v) is 3.83. The van der Waals surface area contributed by atoms with Crippen molar-refractivity contribution >= 4 is 23.6 Å². The fraction of sp³-hybridized carbons (Fsp3) is 0.412. The van der Waals surface area contributed by atoms with Gasteiger partial charge in [-0.05, 0) is 24.5 Å². The Kier molecular flexibility index (Phi) is 5.68. The summed E-state index contributed by atoms with van der Waals surface area (Å²) in [7, 11) is 0. The molecule has 1 aliphatic heterocycles. The molecule has 3 N–H and O–H groups in total. The Morgan fingerprint density at radius 2 is 1.83 bits per heavy atom. The van der Waals surface area contributed by atoms with E-state index in [1.165, 1.54) is 0 Å². The molecular formula is C17H21N3O4. The van der Waals surface area contributed by atoms with Crippen molar-refractivity contribution in [2.24, 2.45) is 5.92 Å². The molecule has 4 amide bonds. The summed E-state index contributed by atoms with van der Waals surface area (Å²) in [5, 5.41) is 7.50. The molecule has 2 rings (SSSR count). The number of carbonyl (C=O) groups is 4. The van der Waals surface area contributed by atoms with Crippen LogP contribution in [0.25, 0.3) is 0 Å². The lowest BCUT2D eigenvalue weighted by Crippen LogP contribution is -2.57. The number of amides is 4. The lowest BCUT2D eigenvalue weighted by molar-refractivity contribution is -0.137. The van der Waals surface area contributed by atoms with Crippen LogP contribution in [0.5, 0.6) is 0 Å². The van der Waals surface area contributed by atoms with Crippen molar-refractivity contribution in [3.8, 4) is 0 Å². The Hall–Kier alpha value is -2.70. The maximum Gasteiger partial charge on any atom is 0.251 e. The Morgan fingerprint density at radius 3 is 2.42 bits per heavy atom. The fourth-order valence-electron chi connectivity index (χ4n) is 2.44. The van der Waals surface area contributed by atoms with Gasteiger partial charge in [0.25, 0.3) is 5.91 Å². The second-order valence-corrected chi connectivity index (χ2v) is 6.07. The molecule has 7 nitrogen and oxygen atoms in total. The van der Waals surface area contributed by atoms with E-state index in [-0.39, 0.29) is 30.6 Å². The van der Waals surface area contributed by atoms with Gasteiger partial charge in [0.1, 0.15) is 12.1 Å². The topological polar surface area (TPSA) is 104 Å². The van der Waals surface area contributed by atoms with Gasteiger partial charge in [0.15, 0.2) is 0 Å². The molecule has 0 aromatic heterocycles. The predicted molar refractivity (Wildman–Crippen MR) is 86.8 cm³/mol. The molecule has 1 aromatic carbocycles. The van der Waals surface area contributed by atoms with Crippen LogP contribution in [0, 0.1) is 5.92 Å². The highest BCUT2D eigenvalue weighted by Gasteiger charge is 2.31. The number of piperidine rings is 1. The molecule has 128 valence electrons. The van der Waals surface area contributed by atoms with Crippen LogP contribution in [0.15, 0.2) is 30.3 Å². The minimum Gasteiger partial charge on any atom is -0.342 e. The minimum absolute atomic E-state index is 0.161. The van der Waals surface area contributed by atoms with E-state index in [0.717, 1.165) is 0 Å². The second kappa shape index (κ2) is 7.72. The summed E-state index contributed by atoms with van der Waals surface area (Å²) in [5.41, 5.74) is 0.456. The largest absolute Gasteiger partial charge is 0.342 e. The molecule has 24 heavy (non-hydrogen) atoms. The Labute approximate surface area is 140 Å². The summed E-state index contributed by atoms with van der Waals surface area (Å²) >= 11 is 0. The van der Waals surface area contributed by atoms with Gasteiger partial charge in [-0.1, -0.05) is 32.0 Å². The molecule has 0 saturated carbocycles. The minimum atomic E-state index is -0.775. The van der Waals surface area contributed by atoms with E-state index in [1.807, 2.05) is 0 Å². The van der Waals surface area contributed by atoms with Crippen molar-refractivity contribution in [2.75, 3.05) is 0 Å². The summed E-state index contributed by atoms with van der Waals surface area (Å²) in [5.74, 6) is -1.82. The van der Waals surface area contributed by atoms with Crippen molar-refractivity contribution in [2.45, 2.75) is 38.8 Å². The number of hydrogen-bond donors (Lipinski definition) is 3. The van der Waals surface area contributed by atoms with Crippen molar-refractivity contribution in [3.63, 3.8) is 0 Å². The van der Waals surface area contributed by atoms with E-state index >= 15 is 0 Å². The molecule has 1 aliphatic rings. The molecule has 1 unspecified atom stereocenters.